The van der Waals surface area contributed by atoms with E-state index in [9.17, 15) is 22.4 Å². The first-order valence-corrected chi connectivity index (χ1v) is 6.77. The van der Waals surface area contributed by atoms with Crippen molar-refractivity contribution < 1.29 is 22.4 Å². The molecular weight excluding hydrogens is 306 g/mol. The van der Waals surface area contributed by atoms with Crippen molar-refractivity contribution in [3.63, 3.8) is 0 Å². The normalized spacial score (nSPS) is 10.5. The summed E-state index contributed by atoms with van der Waals surface area (Å²) >= 11 is 0.796. The van der Waals surface area contributed by atoms with Gasteiger partial charge in [0, 0.05) is 11.0 Å². The van der Waals surface area contributed by atoms with E-state index in [4.69, 9.17) is 0 Å². The standard InChI is InChI=1S/C14H9F4NOS/c15-8-4-5-12(11(18)6-8)21-7-13(20)19-14-9(16)2-1-3-10(14)17/h1-6H,7H2,(H,19,20). The van der Waals surface area contributed by atoms with Gasteiger partial charge in [0.2, 0.25) is 5.91 Å². The van der Waals surface area contributed by atoms with Crippen molar-refractivity contribution in [2.75, 3.05) is 11.1 Å². The van der Waals surface area contributed by atoms with Gasteiger partial charge in [0.15, 0.2) is 0 Å². The number of amides is 1. The predicted molar refractivity (Wildman–Crippen MR) is 72.1 cm³/mol. The molecule has 0 aliphatic carbocycles. The fraction of sp³-hybridized carbons (Fsp3) is 0.0714. The van der Waals surface area contributed by atoms with Crippen molar-refractivity contribution >= 4 is 23.4 Å². The van der Waals surface area contributed by atoms with Crippen molar-refractivity contribution in [2.24, 2.45) is 0 Å². The Balaban J connectivity index is 1.99. The Labute approximate surface area is 122 Å². The zero-order chi connectivity index (χ0) is 15.4. The summed E-state index contributed by atoms with van der Waals surface area (Å²) in [6.45, 7) is 0. The summed E-state index contributed by atoms with van der Waals surface area (Å²) < 4.78 is 52.7. The number of thioether (sulfide) groups is 1. The molecule has 0 heterocycles. The average Bonchev–Trinajstić information content (AvgIpc) is 2.42. The van der Waals surface area contributed by atoms with Crippen molar-refractivity contribution in [2.45, 2.75) is 4.90 Å². The highest BCUT2D eigenvalue weighted by Gasteiger charge is 2.13. The van der Waals surface area contributed by atoms with Crippen LogP contribution in [0.15, 0.2) is 41.3 Å². The molecule has 0 unspecified atom stereocenters. The third kappa shape index (κ3) is 3.98. The van der Waals surface area contributed by atoms with Gasteiger partial charge in [-0.15, -0.1) is 11.8 Å². The zero-order valence-electron chi connectivity index (χ0n) is 10.5. The number of hydrogen-bond donors (Lipinski definition) is 1. The lowest BCUT2D eigenvalue weighted by atomic mass is 10.3. The van der Waals surface area contributed by atoms with E-state index in [-0.39, 0.29) is 10.6 Å². The van der Waals surface area contributed by atoms with Gasteiger partial charge in [-0.25, -0.2) is 17.6 Å². The van der Waals surface area contributed by atoms with Crippen molar-refractivity contribution in [3.8, 4) is 0 Å². The fourth-order valence-corrected chi connectivity index (χ4v) is 2.25. The molecule has 2 aromatic carbocycles. The van der Waals surface area contributed by atoms with E-state index in [1.54, 1.807) is 0 Å². The van der Waals surface area contributed by atoms with E-state index in [0.717, 1.165) is 30.0 Å². The first-order valence-electron chi connectivity index (χ1n) is 5.79. The molecular formula is C14H9F4NOS. The number of rotatable bonds is 4. The van der Waals surface area contributed by atoms with E-state index in [1.807, 2.05) is 0 Å². The average molecular weight is 315 g/mol. The molecule has 7 heteroatoms. The molecule has 2 nitrogen and oxygen atoms in total. The van der Waals surface area contributed by atoms with Crippen LogP contribution in [0.4, 0.5) is 23.2 Å². The van der Waals surface area contributed by atoms with E-state index in [1.165, 1.54) is 12.1 Å². The van der Waals surface area contributed by atoms with Crippen LogP contribution in [0.25, 0.3) is 0 Å². The smallest absolute Gasteiger partial charge is 0.234 e. The number of hydrogen-bond acceptors (Lipinski definition) is 2. The first-order chi connectivity index (χ1) is 9.97. The van der Waals surface area contributed by atoms with Gasteiger partial charge in [0.25, 0.3) is 0 Å². The number of nitrogens with one attached hydrogen (secondary N) is 1. The highest BCUT2D eigenvalue weighted by atomic mass is 32.2. The molecule has 2 rings (SSSR count). The van der Waals surface area contributed by atoms with Crippen molar-refractivity contribution in [1.29, 1.82) is 0 Å². The van der Waals surface area contributed by atoms with E-state index in [2.05, 4.69) is 5.32 Å². The Bertz CT molecular complexity index is 658. The largest absolute Gasteiger partial charge is 0.320 e. The molecule has 0 saturated heterocycles. The summed E-state index contributed by atoms with van der Waals surface area (Å²) in [7, 11) is 0. The van der Waals surface area contributed by atoms with Crippen LogP contribution in [0, 0.1) is 23.3 Å². The van der Waals surface area contributed by atoms with Crippen molar-refractivity contribution in [3.05, 3.63) is 59.7 Å². The van der Waals surface area contributed by atoms with Crippen LogP contribution in [0.2, 0.25) is 0 Å². The summed E-state index contributed by atoms with van der Waals surface area (Å²) in [6.07, 6.45) is 0. The quantitative estimate of drug-likeness (QED) is 0.683. The Kier molecular flexibility index (Phi) is 4.85. The van der Waals surface area contributed by atoms with Gasteiger partial charge in [-0.3, -0.25) is 4.79 Å². The van der Waals surface area contributed by atoms with E-state index < -0.39 is 34.9 Å². The number of carbonyl (C=O) groups is 1. The molecule has 2 aromatic rings. The minimum atomic E-state index is -0.902. The molecule has 0 radical (unpaired) electrons. The van der Waals surface area contributed by atoms with E-state index >= 15 is 0 Å². The second kappa shape index (κ2) is 6.62. The number of halogens is 4. The van der Waals surface area contributed by atoms with Crippen LogP contribution >= 0.6 is 11.8 Å². The van der Waals surface area contributed by atoms with Crippen LogP contribution in [-0.4, -0.2) is 11.7 Å². The van der Waals surface area contributed by atoms with Crippen LogP contribution in [0.1, 0.15) is 0 Å². The Morgan fingerprint density at radius 1 is 1.00 bits per heavy atom. The summed E-state index contributed by atoms with van der Waals surface area (Å²) in [6, 6.07) is 6.11. The highest BCUT2D eigenvalue weighted by molar-refractivity contribution is 8.00. The molecule has 0 atom stereocenters. The molecule has 0 bridgehead atoms. The Hall–Kier alpha value is -2.02. The van der Waals surface area contributed by atoms with E-state index in [0.29, 0.717) is 6.07 Å². The first kappa shape index (κ1) is 15.4. The Morgan fingerprint density at radius 2 is 1.67 bits per heavy atom. The lowest BCUT2D eigenvalue weighted by Crippen LogP contribution is -2.16. The summed E-state index contributed by atoms with van der Waals surface area (Å²) in [5, 5.41) is 2.07. The molecule has 0 aliphatic rings. The molecule has 0 fully saturated rings. The SMILES string of the molecule is O=C(CSc1ccc(F)cc1F)Nc1c(F)cccc1F. The number of benzene rings is 2. The minimum absolute atomic E-state index is 0.0700. The van der Waals surface area contributed by atoms with Crippen molar-refractivity contribution in [1.82, 2.24) is 0 Å². The second-order valence-electron chi connectivity index (χ2n) is 4.01. The second-order valence-corrected chi connectivity index (χ2v) is 5.03. The maximum atomic E-state index is 13.3. The van der Waals surface area contributed by atoms with Gasteiger partial charge in [0.05, 0.1) is 5.75 Å². The summed E-state index contributed by atoms with van der Waals surface area (Å²) in [5.74, 6) is -4.30. The number of para-hydroxylation sites is 1. The van der Waals surface area contributed by atoms with Gasteiger partial charge < -0.3 is 5.32 Å². The highest BCUT2D eigenvalue weighted by Crippen LogP contribution is 2.23. The van der Waals surface area contributed by atoms with Gasteiger partial charge in [-0.05, 0) is 24.3 Å². The molecule has 1 N–H and O–H groups in total. The third-order valence-corrected chi connectivity index (χ3v) is 3.53. The molecule has 0 saturated carbocycles. The fourth-order valence-electron chi connectivity index (χ4n) is 1.53. The molecule has 0 aromatic heterocycles. The van der Waals surface area contributed by atoms with Gasteiger partial charge >= 0.3 is 0 Å². The minimum Gasteiger partial charge on any atom is -0.320 e. The number of carbonyl (C=O) groups excluding carboxylic acids is 1. The summed E-state index contributed by atoms with van der Waals surface area (Å²) in [5.41, 5.74) is -0.553. The van der Waals surface area contributed by atoms with Gasteiger partial charge in [-0.2, -0.15) is 0 Å². The lowest BCUT2D eigenvalue weighted by molar-refractivity contribution is -0.113. The molecule has 21 heavy (non-hydrogen) atoms. The monoisotopic (exact) mass is 315 g/mol. The molecule has 0 spiro atoms. The lowest BCUT2D eigenvalue weighted by Gasteiger charge is -2.07. The molecule has 1 amide bonds. The van der Waals surface area contributed by atoms with Gasteiger partial charge in [-0.1, -0.05) is 6.07 Å². The maximum absolute atomic E-state index is 13.3. The number of anilines is 1. The van der Waals surface area contributed by atoms with Crippen LogP contribution < -0.4 is 5.32 Å². The van der Waals surface area contributed by atoms with Crippen LogP contribution in [0.3, 0.4) is 0 Å². The van der Waals surface area contributed by atoms with Crippen LogP contribution in [-0.2, 0) is 4.79 Å². The predicted octanol–water partition coefficient (Wildman–Crippen LogP) is 3.97. The van der Waals surface area contributed by atoms with Gasteiger partial charge in [0.1, 0.15) is 29.0 Å². The van der Waals surface area contributed by atoms with Crippen LogP contribution in [0.5, 0.6) is 0 Å². The summed E-state index contributed by atoms with van der Waals surface area (Å²) in [4.78, 5) is 11.7. The molecule has 110 valence electrons. The third-order valence-electron chi connectivity index (χ3n) is 2.48. The zero-order valence-corrected chi connectivity index (χ0v) is 11.3. The Morgan fingerprint density at radius 3 is 2.29 bits per heavy atom. The maximum Gasteiger partial charge on any atom is 0.234 e. The molecule has 0 aliphatic heterocycles. The topological polar surface area (TPSA) is 29.1 Å².